The molecule has 2 aromatic carbocycles. The Bertz CT molecular complexity index is 523. The number of ether oxygens (including phenoxy) is 1. The first kappa shape index (κ1) is 13.0. The monoisotopic (exact) mass is 305 g/mol. The fourth-order valence-electron chi connectivity index (χ4n) is 1.70. The number of halogens is 1. The van der Waals surface area contributed by atoms with Crippen LogP contribution in [0.15, 0.2) is 46.9 Å². The highest BCUT2D eigenvalue weighted by Crippen LogP contribution is 2.24. The van der Waals surface area contributed by atoms with Crippen molar-refractivity contribution < 1.29 is 4.74 Å². The fraction of sp³-hybridized carbons (Fsp3) is 0.200. The number of anilines is 1. The van der Waals surface area contributed by atoms with Gasteiger partial charge in [-0.1, -0.05) is 18.2 Å². The minimum absolute atomic E-state index is 0.797. The maximum atomic E-state index is 5.14. The molecular formula is C15H16BrNO. The molecule has 0 aromatic heterocycles. The summed E-state index contributed by atoms with van der Waals surface area (Å²) in [6.45, 7) is 2.88. The highest BCUT2D eigenvalue weighted by Gasteiger charge is 2.00. The summed E-state index contributed by atoms with van der Waals surface area (Å²) in [5.41, 5.74) is 3.58. The summed E-state index contributed by atoms with van der Waals surface area (Å²) >= 11 is 3.56. The van der Waals surface area contributed by atoms with Crippen molar-refractivity contribution in [1.29, 1.82) is 0 Å². The van der Waals surface area contributed by atoms with E-state index in [1.807, 2.05) is 12.1 Å². The summed E-state index contributed by atoms with van der Waals surface area (Å²) in [5, 5.41) is 3.41. The topological polar surface area (TPSA) is 21.3 Å². The Labute approximate surface area is 116 Å². The minimum Gasteiger partial charge on any atom is -0.497 e. The minimum atomic E-state index is 0.797. The number of rotatable bonds is 4. The molecule has 0 radical (unpaired) electrons. The predicted octanol–water partition coefficient (Wildman–Crippen LogP) is 4.38. The first-order valence-electron chi connectivity index (χ1n) is 5.82. The third-order valence-electron chi connectivity index (χ3n) is 2.77. The molecule has 0 aliphatic heterocycles. The second kappa shape index (κ2) is 5.91. The summed E-state index contributed by atoms with van der Waals surface area (Å²) in [6, 6.07) is 14.4. The van der Waals surface area contributed by atoms with Gasteiger partial charge in [-0.25, -0.2) is 0 Å². The van der Waals surface area contributed by atoms with Crippen LogP contribution < -0.4 is 10.1 Å². The molecule has 0 saturated carbocycles. The molecule has 0 fully saturated rings. The molecule has 0 aliphatic carbocycles. The summed E-state index contributed by atoms with van der Waals surface area (Å²) in [4.78, 5) is 0. The van der Waals surface area contributed by atoms with Crippen LogP contribution in [0.25, 0.3) is 0 Å². The van der Waals surface area contributed by atoms with Crippen molar-refractivity contribution in [1.82, 2.24) is 0 Å². The van der Waals surface area contributed by atoms with E-state index in [4.69, 9.17) is 4.74 Å². The van der Waals surface area contributed by atoms with E-state index in [9.17, 15) is 0 Å². The van der Waals surface area contributed by atoms with Gasteiger partial charge in [0.2, 0.25) is 0 Å². The molecule has 2 rings (SSSR count). The van der Waals surface area contributed by atoms with Crippen molar-refractivity contribution in [2.24, 2.45) is 0 Å². The van der Waals surface area contributed by atoms with E-state index in [-0.39, 0.29) is 0 Å². The van der Waals surface area contributed by atoms with Crippen LogP contribution in [-0.2, 0) is 6.54 Å². The molecule has 0 saturated heterocycles. The second-order valence-corrected chi connectivity index (χ2v) is 5.04. The molecule has 0 heterocycles. The van der Waals surface area contributed by atoms with Crippen LogP contribution in [0.2, 0.25) is 0 Å². The molecule has 0 bridgehead atoms. The number of hydrogen-bond acceptors (Lipinski definition) is 2. The van der Waals surface area contributed by atoms with Gasteiger partial charge in [-0.15, -0.1) is 0 Å². The van der Waals surface area contributed by atoms with Crippen LogP contribution in [0.3, 0.4) is 0 Å². The van der Waals surface area contributed by atoms with Gasteiger partial charge in [0.25, 0.3) is 0 Å². The second-order valence-electron chi connectivity index (χ2n) is 4.18. The number of aryl methyl sites for hydroxylation is 1. The Kier molecular flexibility index (Phi) is 4.26. The Morgan fingerprint density at radius 1 is 1.11 bits per heavy atom. The first-order valence-corrected chi connectivity index (χ1v) is 6.61. The predicted molar refractivity (Wildman–Crippen MR) is 79.2 cm³/mol. The third-order valence-corrected chi connectivity index (χ3v) is 3.42. The molecular weight excluding hydrogens is 290 g/mol. The van der Waals surface area contributed by atoms with E-state index in [1.54, 1.807) is 7.11 Å². The van der Waals surface area contributed by atoms with Crippen molar-refractivity contribution in [2.45, 2.75) is 13.5 Å². The highest BCUT2D eigenvalue weighted by molar-refractivity contribution is 9.10. The van der Waals surface area contributed by atoms with Crippen LogP contribution in [0, 0.1) is 6.92 Å². The van der Waals surface area contributed by atoms with Crippen LogP contribution in [0.5, 0.6) is 5.75 Å². The van der Waals surface area contributed by atoms with Crippen LogP contribution in [0.4, 0.5) is 5.69 Å². The summed E-state index contributed by atoms with van der Waals surface area (Å²) < 4.78 is 6.23. The lowest BCUT2D eigenvalue weighted by atomic mass is 10.2. The SMILES string of the molecule is COc1ccc(CNc2ccc(C)cc2Br)cc1. The quantitative estimate of drug-likeness (QED) is 0.905. The molecule has 94 valence electrons. The first-order chi connectivity index (χ1) is 8.69. The summed E-state index contributed by atoms with van der Waals surface area (Å²) in [7, 11) is 1.68. The Morgan fingerprint density at radius 2 is 1.83 bits per heavy atom. The van der Waals surface area contributed by atoms with E-state index >= 15 is 0 Å². The zero-order chi connectivity index (χ0) is 13.0. The van der Waals surface area contributed by atoms with Gasteiger partial charge in [-0.3, -0.25) is 0 Å². The third kappa shape index (κ3) is 3.26. The van der Waals surface area contributed by atoms with Crippen molar-refractivity contribution in [3.8, 4) is 5.75 Å². The number of benzene rings is 2. The Morgan fingerprint density at radius 3 is 2.44 bits per heavy atom. The zero-order valence-electron chi connectivity index (χ0n) is 10.5. The molecule has 0 aliphatic rings. The number of methoxy groups -OCH3 is 1. The molecule has 0 spiro atoms. The van der Waals surface area contributed by atoms with Crippen LogP contribution in [0.1, 0.15) is 11.1 Å². The van der Waals surface area contributed by atoms with Crippen molar-refractivity contribution in [3.05, 3.63) is 58.1 Å². The average molecular weight is 306 g/mol. The highest BCUT2D eigenvalue weighted by atomic mass is 79.9. The van der Waals surface area contributed by atoms with E-state index < -0.39 is 0 Å². The molecule has 0 amide bonds. The standard InChI is InChI=1S/C15H16BrNO/c1-11-3-8-15(14(16)9-11)17-10-12-4-6-13(18-2)7-5-12/h3-9,17H,10H2,1-2H3. The normalized spacial score (nSPS) is 10.2. The van der Waals surface area contributed by atoms with Crippen molar-refractivity contribution >= 4 is 21.6 Å². The maximum Gasteiger partial charge on any atom is 0.118 e. The molecule has 3 heteroatoms. The molecule has 18 heavy (non-hydrogen) atoms. The van der Waals surface area contributed by atoms with E-state index in [1.165, 1.54) is 11.1 Å². The zero-order valence-corrected chi connectivity index (χ0v) is 12.1. The Balaban J connectivity index is 2.02. The molecule has 0 unspecified atom stereocenters. The number of hydrogen-bond donors (Lipinski definition) is 1. The van der Waals surface area contributed by atoms with Gasteiger partial charge in [0.1, 0.15) is 5.75 Å². The molecule has 2 nitrogen and oxygen atoms in total. The van der Waals surface area contributed by atoms with Gasteiger partial charge in [0.05, 0.1) is 7.11 Å². The van der Waals surface area contributed by atoms with Gasteiger partial charge in [-0.2, -0.15) is 0 Å². The fourth-order valence-corrected chi connectivity index (χ4v) is 2.34. The van der Waals surface area contributed by atoms with E-state index in [0.29, 0.717) is 0 Å². The lowest BCUT2D eigenvalue weighted by Crippen LogP contribution is -2.00. The van der Waals surface area contributed by atoms with Gasteiger partial charge in [0, 0.05) is 16.7 Å². The van der Waals surface area contributed by atoms with Gasteiger partial charge < -0.3 is 10.1 Å². The number of nitrogens with one attached hydrogen (secondary N) is 1. The van der Waals surface area contributed by atoms with Crippen LogP contribution >= 0.6 is 15.9 Å². The van der Waals surface area contributed by atoms with Crippen molar-refractivity contribution in [2.75, 3.05) is 12.4 Å². The maximum absolute atomic E-state index is 5.14. The van der Waals surface area contributed by atoms with Gasteiger partial charge in [-0.05, 0) is 58.2 Å². The summed E-state index contributed by atoms with van der Waals surface area (Å²) in [5.74, 6) is 0.885. The largest absolute Gasteiger partial charge is 0.497 e. The molecule has 2 aromatic rings. The van der Waals surface area contributed by atoms with E-state index in [2.05, 4.69) is 58.5 Å². The smallest absolute Gasteiger partial charge is 0.118 e. The van der Waals surface area contributed by atoms with E-state index in [0.717, 1.165) is 22.5 Å². The van der Waals surface area contributed by atoms with Crippen LogP contribution in [-0.4, -0.2) is 7.11 Å². The molecule has 0 atom stereocenters. The van der Waals surface area contributed by atoms with Crippen molar-refractivity contribution in [3.63, 3.8) is 0 Å². The Hall–Kier alpha value is -1.48. The molecule has 1 N–H and O–H groups in total. The lowest BCUT2D eigenvalue weighted by molar-refractivity contribution is 0.414. The average Bonchev–Trinajstić information content (AvgIpc) is 2.38. The van der Waals surface area contributed by atoms with Gasteiger partial charge >= 0.3 is 0 Å². The lowest BCUT2D eigenvalue weighted by Gasteiger charge is -2.09. The summed E-state index contributed by atoms with van der Waals surface area (Å²) in [6.07, 6.45) is 0. The van der Waals surface area contributed by atoms with Gasteiger partial charge in [0.15, 0.2) is 0 Å².